The van der Waals surface area contributed by atoms with Gasteiger partial charge in [0.2, 0.25) is 0 Å². The quantitative estimate of drug-likeness (QED) is 0.857. The minimum Gasteiger partial charge on any atom is -0.389 e. The molecule has 94 valence electrons. The highest BCUT2D eigenvalue weighted by Gasteiger charge is 2.32. The van der Waals surface area contributed by atoms with Crippen molar-refractivity contribution >= 4 is 0 Å². The molecule has 2 rings (SSSR count). The fourth-order valence-corrected chi connectivity index (χ4v) is 2.41. The van der Waals surface area contributed by atoms with Crippen molar-refractivity contribution in [2.45, 2.75) is 31.8 Å². The Morgan fingerprint density at radius 1 is 0.889 bits per heavy atom. The second kappa shape index (κ2) is 5.36. The van der Waals surface area contributed by atoms with E-state index < -0.39 is 5.60 Å². The van der Waals surface area contributed by atoms with Crippen LogP contribution in [0, 0.1) is 0 Å². The zero-order valence-corrected chi connectivity index (χ0v) is 11.0. The smallest absolute Gasteiger partial charge is 0.0725 e. The number of rotatable bonds is 4. The molecule has 0 aliphatic heterocycles. The van der Waals surface area contributed by atoms with Gasteiger partial charge in [-0.3, -0.25) is 0 Å². The lowest BCUT2D eigenvalue weighted by Gasteiger charge is -2.33. The Morgan fingerprint density at radius 3 is 1.61 bits per heavy atom. The maximum absolute atomic E-state index is 10.7. The molecule has 0 aliphatic carbocycles. The molecule has 0 saturated heterocycles. The van der Waals surface area contributed by atoms with E-state index in [4.69, 9.17) is 0 Å². The summed E-state index contributed by atoms with van der Waals surface area (Å²) in [5, 5.41) is 10.7. The Labute approximate surface area is 109 Å². The lowest BCUT2D eigenvalue weighted by molar-refractivity contribution is 0.0389. The van der Waals surface area contributed by atoms with Gasteiger partial charge in [0.15, 0.2) is 0 Å². The van der Waals surface area contributed by atoms with Crippen LogP contribution < -0.4 is 0 Å². The van der Waals surface area contributed by atoms with Gasteiger partial charge in [0.05, 0.1) is 5.60 Å². The van der Waals surface area contributed by atoms with E-state index in [1.54, 1.807) is 0 Å². The second-order valence-corrected chi connectivity index (χ2v) is 4.97. The van der Waals surface area contributed by atoms with Crippen molar-refractivity contribution in [2.24, 2.45) is 0 Å². The molecule has 18 heavy (non-hydrogen) atoms. The molecule has 1 heteroatoms. The first-order valence-electron chi connectivity index (χ1n) is 6.47. The summed E-state index contributed by atoms with van der Waals surface area (Å²) < 4.78 is 0. The molecule has 1 N–H and O–H groups in total. The first kappa shape index (κ1) is 12.8. The van der Waals surface area contributed by atoms with Crippen LogP contribution in [0.5, 0.6) is 0 Å². The lowest BCUT2D eigenvalue weighted by atomic mass is 9.77. The molecule has 0 fully saturated rings. The predicted octanol–water partition coefficient (Wildman–Crippen LogP) is 3.98. The normalized spacial score (nSPS) is 14.4. The van der Waals surface area contributed by atoms with E-state index in [1.807, 2.05) is 50.2 Å². The standard InChI is InChI=1S/C17H20O/c1-3-17(2,18)16(14-10-6-4-7-11-14)15-12-8-5-9-13-15/h4-13,16,18H,3H2,1-2H3/t17-/m0/s1. The summed E-state index contributed by atoms with van der Waals surface area (Å²) in [7, 11) is 0. The minimum absolute atomic E-state index is 0.0184. The molecule has 0 saturated carbocycles. The van der Waals surface area contributed by atoms with Crippen molar-refractivity contribution < 1.29 is 5.11 Å². The molecular formula is C17H20O. The van der Waals surface area contributed by atoms with Gasteiger partial charge >= 0.3 is 0 Å². The largest absolute Gasteiger partial charge is 0.389 e. The van der Waals surface area contributed by atoms with Crippen LogP contribution in [0.3, 0.4) is 0 Å². The molecule has 0 aliphatic rings. The topological polar surface area (TPSA) is 20.2 Å². The Morgan fingerprint density at radius 2 is 1.28 bits per heavy atom. The van der Waals surface area contributed by atoms with E-state index in [9.17, 15) is 5.11 Å². The van der Waals surface area contributed by atoms with Gasteiger partial charge in [0.25, 0.3) is 0 Å². The number of hydrogen-bond donors (Lipinski definition) is 1. The molecular weight excluding hydrogens is 220 g/mol. The molecule has 0 amide bonds. The molecule has 0 radical (unpaired) electrons. The maximum atomic E-state index is 10.7. The minimum atomic E-state index is -0.733. The molecule has 0 unspecified atom stereocenters. The van der Waals surface area contributed by atoms with E-state index in [2.05, 4.69) is 24.3 Å². The third kappa shape index (κ3) is 2.62. The molecule has 0 aromatic heterocycles. The van der Waals surface area contributed by atoms with Crippen molar-refractivity contribution in [2.75, 3.05) is 0 Å². The van der Waals surface area contributed by atoms with Gasteiger partial charge in [-0.15, -0.1) is 0 Å². The van der Waals surface area contributed by atoms with Crippen molar-refractivity contribution in [3.8, 4) is 0 Å². The summed E-state index contributed by atoms with van der Waals surface area (Å²) in [5.41, 5.74) is 1.59. The molecule has 1 nitrogen and oxygen atoms in total. The summed E-state index contributed by atoms with van der Waals surface area (Å²) >= 11 is 0. The van der Waals surface area contributed by atoms with Crippen molar-refractivity contribution in [1.82, 2.24) is 0 Å². The molecule has 0 heterocycles. The molecule has 2 aromatic carbocycles. The Balaban J connectivity index is 2.49. The average molecular weight is 240 g/mol. The highest BCUT2D eigenvalue weighted by Crippen LogP contribution is 2.36. The fourth-order valence-electron chi connectivity index (χ4n) is 2.41. The van der Waals surface area contributed by atoms with E-state index in [-0.39, 0.29) is 5.92 Å². The molecule has 1 atom stereocenters. The van der Waals surface area contributed by atoms with Crippen LogP contribution in [-0.4, -0.2) is 10.7 Å². The van der Waals surface area contributed by atoms with Crippen LogP contribution in [0.1, 0.15) is 37.3 Å². The van der Waals surface area contributed by atoms with E-state index in [0.717, 1.165) is 17.5 Å². The van der Waals surface area contributed by atoms with Gasteiger partial charge in [-0.05, 0) is 24.5 Å². The van der Waals surface area contributed by atoms with Crippen molar-refractivity contribution in [3.05, 3.63) is 71.8 Å². The highest BCUT2D eigenvalue weighted by atomic mass is 16.3. The predicted molar refractivity (Wildman–Crippen MR) is 75.6 cm³/mol. The summed E-state index contributed by atoms with van der Waals surface area (Å²) in [4.78, 5) is 0. The zero-order valence-electron chi connectivity index (χ0n) is 11.0. The van der Waals surface area contributed by atoms with E-state index in [1.165, 1.54) is 0 Å². The Bertz CT molecular complexity index is 434. The third-order valence-electron chi connectivity index (χ3n) is 3.60. The van der Waals surface area contributed by atoms with Crippen LogP contribution in [0.4, 0.5) is 0 Å². The SMILES string of the molecule is CC[C@](C)(O)C(c1ccccc1)c1ccccc1. The van der Waals surface area contributed by atoms with Crippen LogP contribution in [0.2, 0.25) is 0 Å². The summed E-state index contributed by atoms with van der Waals surface area (Å²) in [6, 6.07) is 20.5. The summed E-state index contributed by atoms with van der Waals surface area (Å²) in [6.07, 6.45) is 0.724. The van der Waals surface area contributed by atoms with Crippen molar-refractivity contribution in [1.29, 1.82) is 0 Å². The lowest BCUT2D eigenvalue weighted by Crippen LogP contribution is -2.32. The Hall–Kier alpha value is -1.60. The first-order valence-corrected chi connectivity index (χ1v) is 6.47. The third-order valence-corrected chi connectivity index (χ3v) is 3.60. The van der Waals surface area contributed by atoms with Crippen LogP contribution in [0.15, 0.2) is 60.7 Å². The van der Waals surface area contributed by atoms with Gasteiger partial charge in [0, 0.05) is 5.92 Å². The van der Waals surface area contributed by atoms with Gasteiger partial charge < -0.3 is 5.11 Å². The molecule has 0 spiro atoms. The van der Waals surface area contributed by atoms with Gasteiger partial charge in [0.1, 0.15) is 0 Å². The average Bonchev–Trinajstić information content (AvgIpc) is 2.41. The number of benzene rings is 2. The first-order chi connectivity index (χ1) is 8.65. The number of aliphatic hydroxyl groups is 1. The highest BCUT2D eigenvalue weighted by molar-refractivity contribution is 5.35. The monoisotopic (exact) mass is 240 g/mol. The molecule has 0 bridgehead atoms. The van der Waals surface area contributed by atoms with Gasteiger partial charge in [-0.1, -0.05) is 67.6 Å². The van der Waals surface area contributed by atoms with E-state index in [0.29, 0.717) is 0 Å². The zero-order chi connectivity index (χ0) is 13.0. The van der Waals surface area contributed by atoms with Gasteiger partial charge in [-0.2, -0.15) is 0 Å². The summed E-state index contributed by atoms with van der Waals surface area (Å²) in [5.74, 6) is 0.0184. The maximum Gasteiger partial charge on any atom is 0.0725 e. The fraction of sp³-hybridized carbons (Fsp3) is 0.294. The summed E-state index contributed by atoms with van der Waals surface area (Å²) in [6.45, 7) is 3.94. The van der Waals surface area contributed by atoms with Crippen LogP contribution in [0.25, 0.3) is 0 Å². The molecule has 2 aromatic rings. The van der Waals surface area contributed by atoms with Crippen LogP contribution in [-0.2, 0) is 0 Å². The Kier molecular flexibility index (Phi) is 3.83. The van der Waals surface area contributed by atoms with Crippen molar-refractivity contribution in [3.63, 3.8) is 0 Å². The number of hydrogen-bond acceptors (Lipinski definition) is 1. The van der Waals surface area contributed by atoms with Gasteiger partial charge in [-0.25, -0.2) is 0 Å². The van der Waals surface area contributed by atoms with E-state index >= 15 is 0 Å². The second-order valence-electron chi connectivity index (χ2n) is 4.97. The van der Waals surface area contributed by atoms with Crippen LogP contribution >= 0.6 is 0 Å².